The van der Waals surface area contributed by atoms with Gasteiger partial charge in [-0.25, -0.2) is 0 Å². The third-order valence-electron chi connectivity index (χ3n) is 5.74. The zero-order chi connectivity index (χ0) is 13.1. The summed E-state index contributed by atoms with van der Waals surface area (Å²) in [4.78, 5) is 0. The van der Waals surface area contributed by atoms with E-state index in [4.69, 9.17) is 11.1 Å². The molecule has 3 nitrogen and oxygen atoms in total. The van der Waals surface area contributed by atoms with E-state index < -0.39 is 0 Å². The van der Waals surface area contributed by atoms with Crippen LogP contribution in [0, 0.1) is 23.2 Å². The van der Waals surface area contributed by atoms with E-state index >= 15 is 0 Å². The SMILES string of the molecule is C[C@@H]1Nc2ccc(N)c(C=N)c2C2[C@@H]3CC[C@@H](C3)[C@H]21. The minimum absolute atomic E-state index is 0.551. The van der Waals surface area contributed by atoms with Crippen LogP contribution in [0.4, 0.5) is 11.4 Å². The summed E-state index contributed by atoms with van der Waals surface area (Å²) in [5.41, 5.74) is 10.4. The number of hydrogen-bond donors (Lipinski definition) is 3. The molecule has 2 aliphatic carbocycles. The number of anilines is 2. The van der Waals surface area contributed by atoms with E-state index in [0.717, 1.165) is 29.0 Å². The predicted molar refractivity (Wildman–Crippen MR) is 78.9 cm³/mol. The predicted octanol–water partition coefficient (Wildman–Crippen LogP) is 3.21. The Labute approximate surface area is 114 Å². The first kappa shape index (κ1) is 11.3. The Hall–Kier alpha value is -1.51. The van der Waals surface area contributed by atoms with Crippen LogP contribution in [0.5, 0.6) is 0 Å². The van der Waals surface area contributed by atoms with Crippen molar-refractivity contribution in [3.05, 3.63) is 23.3 Å². The van der Waals surface area contributed by atoms with Gasteiger partial charge in [-0.1, -0.05) is 0 Å². The molecule has 0 radical (unpaired) electrons. The molecule has 3 heteroatoms. The summed E-state index contributed by atoms with van der Waals surface area (Å²) in [7, 11) is 0. The van der Waals surface area contributed by atoms with Gasteiger partial charge in [-0.05, 0) is 67.6 Å². The lowest BCUT2D eigenvalue weighted by atomic mass is 9.68. The molecule has 4 rings (SSSR count). The smallest absolute Gasteiger partial charge is 0.0407 e. The van der Waals surface area contributed by atoms with Crippen LogP contribution in [0.15, 0.2) is 12.1 Å². The zero-order valence-corrected chi connectivity index (χ0v) is 11.3. The van der Waals surface area contributed by atoms with Crippen LogP contribution in [0.3, 0.4) is 0 Å². The molecule has 2 fully saturated rings. The minimum atomic E-state index is 0.551. The molecule has 1 aromatic carbocycles. The average molecular weight is 255 g/mol. The summed E-state index contributed by atoms with van der Waals surface area (Å²) in [6.07, 6.45) is 5.60. The molecule has 1 aliphatic heterocycles. The molecule has 2 bridgehead atoms. The van der Waals surface area contributed by atoms with Gasteiger partial charge in [-0.3, -0.25) is 0 Å². The molecule has 1 unspecified atom stereocenters. The number of hydrogen-bond acceptors (Lipinski definition) is 3. The van der Waals surface area contributed by atoms with Crippen LogP contribution in [0.1, 0.15) is 43.2 Å². The molecule has 0 saturated heterocycles. The summed E-state index contributed by atoms with van der Waals surface area (Å²) in [6, 6.07) is 4.60. The van der Waals surface area contributed by atoms with Gasteiger partial charge in [0.2, 0.25) is 0 Å². The number of nitrogens with one attached hydrogen (secondary N) is 2. The van der Waals surface area contributed by atoms with Crippen molar-refractivity contribution in [2.75, 3.05) is 11.1 Å². The lowest BCUT2D eigenvalue weighted by Gasteiger charge is -2.42. The second-order valence-corrected chi connectivity index (χ2v) is 6.54. The first-order valence-electron chi connectivity index (χ1n) is 7.40. The van der Waals surface area contributed by atoms with Crippen molar-refractivity contribution in [3.63, 3.8) is 0 Å². The Balaban J connectivity index is 1.92. The van der Waals surface area contributed by atoms with E-state index in [0.29, 0.717) is 12.0 Å². The molecule has 1 aromatic rings. The Morgan fingerprint density at radius 1 is 1.32 bits per heavy atom. The molecule has 4 N–H and O–H groups in total. The third kappa shape index (κ3) is 1.36. The largest absolute Gasteiger partial charge is 0.398 e. The van der Waals surface area contributed by atoms with Gasteiger partial charge in [0.25, 0.3) is 0 Å². The van der Waals surface area contributed by atoms with E-state index in [1.165, 1.54) is 36.7 Å². The maximum atomic E-state index is 7.73. The summed E-state index contributed by atoms with van der Waals surface area (Å²) in [6.45, 7) is 2.32. The summed E-state index contributed by atoms with van der Waals surface area (Å²) >= 11 is 0. The quantitative estimate of drug-likeness (QED) is 0.533. The van der Waals surface area contributed by atoms with Crippen molar-refractivity contribution in [1.29, 1.82) is 5.41 Å². The van der Waals surface area contributed by atoms with Crippen LogP contribution in [0.2, 0.25) is 0 Å². The van der Waals surface area contributed by atoms with Gasteiger partial charge in [-0.2, -0.15) is 0 Å². The van der Waals surface area contributed by atoms with Crippen LogP contribution >= 0.6 is 0 Å². The molecule has 0 amide bonds. The fraction of sp³-hybridized carbons (Fsp3) is 0.562. The van der Waals surface area contributed by atoms with Crippen LogP contribution in [-0.4, -0.2) is 12.3 Å². The van der Waals surface area contributed by atoms with Gasteiger partial charge in [0.1, 0.15) is 0 Å². The molecule has 2 saturated carbocycles. The fourth-order valence-electron chi connectivity index (χ4n) is 5.12. The van der Waals surface area contributed by atoms with E-state index in [2.05, 4.69) is 18.3 Å². The molecular formula is C16H21N3. The van der Waals surface area contributed by atoms with E-state index in [9.17, 15) is 0 Å². The highest BCUT2D eigenvalue weighted by Gasteiger charge is 2.53. The third-order valence-corrected chi connectivity index (χ3v) is 5.74. The van der Waals surface area contributed by atoms with Gasteiger partial charge >= 0.3 is 0 Å². The highest BCUT2D eigenvalue weighted by molar-refractivity contribution is 5.90. The van der Waals surface area contributed by atoms with Gasteiger partial charge in [0.15, 0.2) is 0 Å². The summed E-state index contributed by atoms with van der Waals surface area (Å²) < 4.78 is 0. The van der Waals surface area contributed by atoms with E-state index in [1.54, 1.807) is 0 Å². The molecule has 5 atom stereocenters. The van der Waals surface area contributed by atoms with E-state index in [1.807, 2.05) is 6.07 Å². The van der Waals surface area contributed by atoms with Gasteiger partial charge in [-0.15, -0.1) is 0 Å². The lowest BCUT2D eigenvalue weighted by Crippen LogP contribution is -2.39. The van der Waals surface area contributed by atoms with Crippen LogP contribution in [-0.2, 0) is 0 Å². The first-order chi connectivity index (χ1) is 9.20. The fourth-order valence-corrected chi connectivity index (χ4v) is 5.12. The van der Waals surface area contributed by atoms with Crippen molar-refractivity contribution in [2.45, 2.75) is 38.1 Å². The number of rotatable bonds is 1. The molecule has 19 heavy (non-hydrogen) atoms. The minimum Gasteiger partial charge on any atom is -0.398 e. The normalized spacial score (nSPS) is 38.5. The standard InChI is InChI=1S/C16H21N3/c1-8-14-9-2-3-10(6-9)15(14)16-11(7-17)12(18)4-5-13(16)19-8/h4-5,7-10,14-15,17,19H,2-3,6,18H2,1H3/t8-,9-,10+,14+,15?/m0/s1. The van der Waals surface area contributed by atoms with Crippen molar-refractivity contribution in [1.82, 2.24) is 0 Å². The number of fused-ring (bicyclic) bond motifs is 7. The van der Waals surface area contributed by atoms with Crippen LogP contribution < -0.4 is 11.1 Å². The van der Waals surface area contributed by atoms with Crippen molar-refractivity contribution in [3.8, 4) is 0 Å². The maximum Gasteiger partial charge on any atom is 0.0407 e. The molecule has 100 valence electrons. The second kappa shape index (κ2) is 3.75. The summed E-state index contributed by atoms with van der Waals surface area (Å²) in [5, 5.41) is 11.4. The zero-order valence-electron chi connectivity index (χ0n) is 11.3. The Morgan fingerprint density at radius 2 is 2.11 bits per heavy atom. The monoisotopic (exact) mass is 255 g/mol. The van der Waals surface area contributed by atoms with Crippen LogP contribution in [0.25, 0.3) is 0 Å². The topological polar surface area (TPSA) is 61.9 Å². The highest BCUT2D eigenvalue weighted by Crippen LogP contribution is 2.61. The highest BCUT2D eigenvalue weighted by atomic mass is 15.0. The maximum absolute atomic E-state index is 7.73. The van der Waals surface area contributed by atoms with Gasteiger partial charge < -0.3 is 16.5 Å². The molecule has 0 spiro atoms. The number of benzene rings is 1. The Bertz CT molecular complexity index is 551. The molecule has 1 heterocycles. The van der Waals surface area contributed by atoms with Gasteiger partial charge in [0, 0.05) is 29.2 Å². The molecule has 3 aliphatic rings. The molecule has 0 aromatic heterocycles. The Kier molecular flexibility index (Phi) is 2.23. The Morgan fingerprint density at radius 3 is 2.89 bits per heavy atom. The second-order valence-electron chi connectivity index (χ2n) is 6.54. The number of nitrogen functional groups attached to an aromatic ring is 1. The van der Waals surface area contributed by atoms with Crippen molar-refractivity contribution >= 4 is 17.6 Å². The number of nitrogens with two attached hydrogens (primary N) is 1. The van der Waals surface area contributed by atoms with Crippen molar-refractivity contribution < 1.29 is 0 Å². The molecular weight excluding hydrogens is 234 g/mol. The first-order valence-corrected chi connectivity index (χ1v) is 7.40. The van der Waals surface area contributed by atoms with Crippen molar-refractivity contribution in [2.24, 2.45) is 17.8 Å². The summed E-state index contributed by atoms with van der Waals surface area (Å²) in [5.74, 6) is 3.07. The van der Waals surface area contributed by atoms with Gasteiger partial charge in [0.05, 0.1) is 0 Å². The average Bonchev–Trinajstić information content (AvgIpc) is 3.00. The lowest BCUT2D eigenvalue weighted by molar-refractivity contribution is 0.254. The van der Waals surface area contributed by atoms with E-state index in [-0.39, 0.29) is 0 Å².